The molecule has 0 saturated heterocycles. The highest BCUT2D eigenvalue weighted by atomic mass is 16.5. The summed E-state index contributed by atoms with van der Waals surface area (Å²) < 4.78 is 5.34. The van der Waals surface area contributed by atoms with Crippen molar-refractivity contribution in [1.82, 2.24) is 0 Å². The van der Waals surface area contributed by atoms with Gasteiger partial charge in [-0.05, 0) is 12.0 Å². The van der Waals surface area contributed by atoms with E-state index >= 15 is 0 Å². The summed E-state index contributed by atoms with van der Waals surface area (Å²) in [4.78, 5) is 0. The normalized spacial score (nSPS) is 13.6. The third-order valence-electron chi connectivity index (χ3n) is 2.50. The molecule has 0 aromatic heterocycles. The van der Waals surface area contributed by atoms with Gasteiger partial charge in [0.25, 0.3) is 0 Å². The van der Waals surface area contributed by atoms with E-state index in [0.29, 0.717) is 6.61 Å². The number of ether oxygens (including phenoxy) is 1. The molecule has 1 aromatic carbocycles. The molecular formula is C12H13NO. The molecule has 1 heterocycles. The van der Waals surface area contributed by atoms with E-state index < -0.39 is 0 Å². The molecule has 0 aliphatic carbocycles. The van der Waals surface area contributed by atoms with Crippen molar-refractivity contribution in [2.45, 2.75) is 13.0 Å². The molecule has 1 aromatic rings. The zero-order chi connectivity index (χ0) is 10.1. The molecule has 2 N–H and O–H groups in total. The molecule has 14 heavy (non-hydrogen) atoms. The van der Waals surface area contributed by atoms with E-state index in [2.05, 4.69) is 13.2 Å². The van der Waals surface area contributed by atoms with Crippen LogP contribution in [0.15, 0.2) is 31.4 Å². The van der Waals surface area contributed by atoms with Gasteiger partial charge in [-0.15, -0.1) is 6.58 Å². The van der Waals surface area contributed by atoms with Gasteiger partial charge in [-0.25, -0.2) is 0 Å². The van der Waals surface area contributed by atoms with Gasteiger partial charge in [-0.1, -0.05) is 24.8 Å². The fraction of sp³-hybridized carbons (Fsp3) is 0.167. The molecule has 0 bridgehead atoms. The molecule has 0 radical (unpaired) electrons. The summed E-state index contributed by atoms with van der Waals surface area (Å²) in [5, 5.41) is 0. The van der Waals surface area contributed by atoms with E-state index in [4.69, 9.17) is 10.5 Å². The average molecular weight is 187 g/mol. The monoisotopic (exact) mass is 187 g/mol. The standard InChI is InChI=1S/C12H13NO/c1-3-4-9-5-6-10-8(2)14-7-11(10)12(9)13/h3,5-6H,1-2,4,7,13H2. The van der Waals surface area contributed by atoms with Crippen LogP contribution >= 0.6 is 0 Å². The molecule has 1 aliphatic heterocycles. The van der Waals surface area contributed by atoms with Gasteiger partial charge in [0.2, 0.25) is 0 Å². The zero-order valence-corrected chi connectivity index (χ0v) is 8.05. The number of allylic oxidation sites excluding steroid dienone is 1. The summed E-state index contributed by atoms with van der Waals surface area (Å²) >= 11 is 0. The van der Waals surface area contributed by atoms with Gasteiger partial charge in [-0.2, -0.15) is 0 Å². The predicted octanol–water partition coefficient (Wildman–Crippen LogP) is 2.50. The zero-order valence-electron chi connectivity index (χ0n) is 8.05. The SMILES string of the molecule is C=CCc1ccc2c(c1N)COC2=C. The second-order valence-corrected chi connectivity index (χ2v) is 3.37. The Hall–Kier alpha value is -1.70. The lowest BCUT2D eigenvalue weighted by Crippen LogP contribution is -1.98. The minimum atomic E-state index is 0.547. The largest absolute Gasteiger partial charge is 0.489 e. The summed E-state index contributed by atoms with van der Waals surface area (Å²) in [6.07, 6.45) is 2.65. The van der Waals surface area contributed by atoms with Gasteiger partial charge >= 0.3 is 0 Å². The Morgan fingerprint density at radius 3 is 3.00 bits per heavy atom. The van der Waals surface area contributed by atoms with Gasteiger partial charge in [-0.3, -0.25) is 0 Å². The number of fused-ring (bicyclic) bond motifs is 1. The van der Waals surface area contributed by atoms with Crippen LogP contribution in [0, 0.1) is 0 Å². The van der Waals surface area contributed by atoms with Crippen LogP contribution in [0.1, 0.15) is 16.7 Å². The van der Waals surface area contributed by atoms with E-state index in [0.717, 1.165) is 34.6 Å². The van der Waals surface area contributed by atoms with Crippen molar-refractivity contribution < 1.29 is 4.74 Å². The van der Waals surface area contributed by atoms with Crippen molar-refractivity contribution in [3.63, 3.8) is 0 Å². The van der Waals surface area contributed by atoms with Crippen molar-refractivity contribution in [2.75, 3.05) is 5.73 Å². The first-order valence-corrected chi connectivity index (χ1v) is 4.57. The Kier molecular flexibility index (Phi) is 2.04. The van der Waals surface area contributed by atoms with E-state index in [1.165, 1.54) is 0 Å². The van der Waals surface area contributed by atoms with E-state index in [1.54, 1.807) is 0 Å². The lowest BCUT2D eigenvalue weighted by atomic mass is 10.0. The summed E-state index contributed by atoms with van der Waals surface area (Å²) in [7, 11) is 0. The van der Waals surface area contributed by atoms with Crippen molar-refractivity contribution >= 4 is 11.4 Å². The first-order chi connectivity index (χ1) is 6.74. The summed E-state index contributed by atoms with van der Waals surface area (Å²) in [6.45, 7) is 8.06. The van der Waals surface area contributed by atoms with Gasteiger partial charge in [0.15, 0.2) is 0 Å². The summed E-state index contributed by atoms with van der Waals surface area (Å²) in [5.41, 5.74) is 10.0. The fourth-order valence-corrected chi connectivity index (χ4v) is 1.70. The molecule has 0 saturated carbocycles. The second kappa shape index (κ2) is 3.22. The van der Waals surface area contributed by atoms with Gasteiger partial charge in [0.1, 0.15) is 12.4 Å². The number of anilines is 1. The van der Waals surface area contributed by atoms with Crippen LogP contribution in [-0.4, -0.2) is 0 Å². The number of benzene rings is 1. The predicted molar refractivity (Wildman–Crippen MR) is 58.6 cm³/mol. The third-order valence-corrected chi connectivity index (χ3v) is 2.50. The van der Waals surface area contributed by atoms with Crippen molar-refractivity contribution in [2.24, 2.45) is 0 Å². The molecule has 1 aliphatic rings. The highest BCUT2D eigenvalue weighted by molar-refractivity contribution is 5.72. The maximum atomic E-state index is 6.01. The summed E-state index contributed by atoms with van der Waals surface area (Å²) in [5.74, 6) is 0.719. The molecule has 0 fully saturated rings. The maximum Gasteiger partial charge on any atom is 0.120 e. The molecule has 2 heteroatoms. The van der Waals surface area contributed by atoms with Crippen LogP contribution < -0.4 is 5.73 Å². The minimum Gasteiger partial charge on any atom is -0.489 e. The molecule has 0 atom stereocenters. The maximum absolute atomic E-state index is 6.01. The van der Waals surface area contributed by atoms with Crippen molar-refractivity contribution in [3.05, 3.63) is 48.1 Å². The van der Waals surface area contributed by atoms with Crippen molar-refractivity contribution in [1.29, 1.82) is 0 Å². The first-order valence-electron chi connectivity index (χ1n) is 4.57. The lowest BCUT2D eigenvalue weighted by Gasteiger charge is -2.06. The molecule has 2 nitrogen and oxygen atoms in total. The number of hydrogen-bond acceptors (Lipinski definition) is 2. The van der Waals surface area contributed by atoms with E-state index in [-0.39, 0.29) is 0 Å². The number of hydrogen-bond donors (Lipinski definition) is 1. The number of rotatable bonds is 2. The van der Waals surface area contributed by atoms with Crippen LogP contribution in [0.5, 0.6) is 0 Å². The highest BCUT2D eigenvalue weighted by Crippen LogP contribution is 2.34. The van der Waals surface area contributed by atoms with Gasteiger partial charge in [0, 0.05) is 16.8 Å². The molecule has 2 rings (SSSR count). The minimum absolute atomic E-state index is 0.547. The topological polar surface area (TPSA) is 35.2 Å². The quantitative estimate of drug-likeness (QED) is 0.570. The third kappa shape index (κ3) is 1.20. The van der Waals surface area contributed by atoms with Crippen LogP contribution in [0.25, 0.3) is 5.76 Å². The fourth-order valence-electron chi connectivity index (χ4n) is 1.70. The van der Waals surface area contributed by atoms with Crippen LogP contribution in [-0.2, 0) is 17.8 Å². The number of nitrogens with two attached hydrogens (primary N) is 1. The molecular weight excluding hydrogens is 174 g/mol. The number of nitrogen functional groups attached to an aromatic ring is 1. The molecule has 0 amide bonds. The first kappa shape index (κ1) is 8.88. The highest BCUT2D eigenvalue weighted by Gasteiger charge is 2.19. The Balaban J connectivity index is 2.52. The van der Waals surface area contributed by atoms with Gasteiger partial charge < -0.3 is 10.5 Å². The van der Waals surface area contributed by atoms with Crippen LogP contribution in [0.2, 0.25) is 0 Å². The van der Waals surface area contributed by atoms with Crippen LogP contribution in [0.3, 0.4) is 0 Å². The Morgan fingerprint density at radius 1 is 1.50 bits per heavy atom. The molecule has 0 spiro atoms. The van der Waals surface area contributed by atoms with Crippen LogP contribution in [0.4, 0.5) is 5.69 Å². The lowest BCUT2D eigenvalue weighted by molar-refractivity contribution is 0.287. The van der Waals surface area contributed by atoms with E-state index in [9.17, 15) is 0 Å². The summed E-state index contributed by atoms with van der Waals surface area (Å²) in [6, 6.07) is 4.02. The van der Waals surface area contributed by atoms with E-state index in [1.807, 2.05) is 18.2 Å². The second-order valence-electron chi connectivity index (χ2n) is 3.37. The average Bonchev–Trinajstić information content (AvgIpc) is 2.54. The Bertz CT molecular complexity index is 407. The van der Waals surface area contributed by atoms with Gasteiger partial charge in [0.05, 0.1) is 0 Å². The smallest absolute Gasteiger partial charge is 0.120 e. The Morgan fingerprint density at radius 2 is 2.29 bits per heavy atom. The van der Waals surface area contributed by atoms with Crippen molar-refractivity contribution in [3.8, 4) is 0 Å². The molecule has 0 unspecified atom stereocenters. The molecule has 72 valence electrons. The Labute approximate surface area is 83.7 Å².